The number of halogens is 4. The smallest absolute Gasteiger partial charge is 0.147 e. The highest BCUT2D eigenvalue weighted by Gasteiger charge is 2.15. The first kappa shape index (κ1) is 13.3. The number of hydrogen-bond acceptors (Lipinski definition) is 1. The Hall–Kier alpha value is -1.65. The predicted octanol–water partition coefficient (Wildman–Crippen LogP) is 4.70. The van der Waals surface area contributed by atoms with Gasteiger partial charge >= 0.3 is 0 Å². The Morgan fingerprint density at radius 2 is 1.90 bits per heavy atom. The third kappa shape index (κ3) is 2.15. The molecule has 0 bridgehead atoms. The normalized spacial score (nSPS) is 11.2. The molecule has 1 heterocycles. The maximum Gasteiger partial charge on any atom is 0.147 e. The van der Waals surface area contributed by atoms with Gasteiger partial charge in [0.25, 0.3) is 0 Å². The van der Waals surface area contributed by atoms with Crippen molar-refractivity contribution in [3.63, 3.8) is 0 Å². The molecule has 0 saturated heterocycles. The summed E-state index contributed by atoms with van der Waals surface area (Å²) >= 11 is 11.8. The molecule has 0 atom stereocenters. The average Bonchev–Trinajstić information content (AvgIpc) is 2.79. The number of aromatic nitrogens is 2. The van der Waals surface area contributed by atoms with Gasteiger partial charge in [0, 0.05) is 11.1 Å². The third-order valence-electron chi connectivity index (χ3n) is 2.95. The largest absolute Gasteiger partial charge is 0.292 e. The highest BCUT2D eigenvalue weighted by molar-refractivity contribution is 6.31. The minimum Gasteiger partial charge on any atom is -0.292 e. The van der Waals surface area contributed by atoms with Crippen LogP contribution in [0.2, 0.25) is 5.02 Å². The fraction of sp³-hybridized carbons (Fsp3) is 0.0714. The van der Waals surface area contributed by atoms with Gasteiger partial charge in [0.1, 0.15) is 17.5 Å². The van der Waals surface area contributed by atoms with Crippen molar-refractivity contribution < 1.29 is 8.78 Å². The molecular weight excluding hydrogens is 305 g/mol. The molecule has 0 N–H and O–H groups in total. The summed E-state index contributed by atoms with van der Waals surface area (Å²) in [4.78, 5) is 4.30. The molecule has 0 radical (unpaired) electrons. The van der Waals surface area contributed by atoms with Gasteiger partial charge in [-0.05, 0) is 30.3 Å². The number of fused-ring (bicyclic) bond motifs is 1. The number of hydrogen-bond donors (Lipinski definition) is 0. The Morgan fingerprint density at radius 3 is 2.65 bits per heavy atom. The van der Waals surface area contributed by atoms with Crippen LogP contribution in [-0.2, 0) is 5.88 Å². The van der Waals surface area contributed by atoms with Crippen LogP contribution in [0.3, 0.4) is 0 Å². The van der Waals surface area contributed by atoms with E-state index in [1.807, 2.05) is 0 Å². The van der Waals surface area contributed by atoms with Crippen LogP contribution in [0.4, 0.5) is 8.78 Å². The van der Waals surface area contributed by atoms with Gasteiger partial charge in [-0.25, -0.2) is 13.8 Å². The summed E-state index contributed by atoms with van der Waals surface area (Å²) in [6.07, 6.45) is 0. The number of alkyl halides is 1. The zero-order valence-electron chi connectivity index (χ0n) is 10.1. The van der Waals surface area contributed by atoms with Crippen LogP contribution in [0.5, 0.6) is 0 Å². The van der Waals surface area contributed by atoms with Gasteiger partial charge in [-0.1, -0.05) is 11.6 Å². The number of rotatable bonds is 2. The van der Waals surface area contributed by atoms with Gasteiger partial charge in [0.05, 0.1) is 22.6 Å². The van der Waals surface area contributed by atoms with E-state index in [-0.39, 0.29) is 11.6 Å². The molecule has 0 aliphatic heterocycles. The Morgan fingerprint density at radius 1 is 1.10 bits per heavy atom. The van der Waals surface area contributed by atoms with E-state index in [0.717, 1.165) is 18.2 Å². The second-order valence-corrected chi connectivity index (χ2v) is 4.93. The van der Waals surface area contributed by atoms with Crippen LogP contribution in [0, 0.1) is 11.6 Å². The molecule has 0 aliphatic carbocycles. The molecule has 102 valence electrons. The van der Waals surface area contributed by atoms with Crippen molar-refractivity contribution in [2.45, 2.75) is 5.88 Å². The third-order valence-corrected chi connectivity index (χ3v) is 3.43. The maximum absolute atomic E-state index is 14.0. The van der Waals surface area contributed by atoms with Crippen molar-refractivity contribution in [2.24, 2.45) is 0 Å². The fourth-order valence-electron chi connectivity index (χ4n) is 2.11. The highest BCUT2D eigenvalue weighted by Crippen LogP contribution is 2.27. The first-order chi connectivity index (χ1) is 9.60. The van der Waals surface area contributed by atoms with Crippen molar-refractivity contribution in [1.29, 1.82) is 0 Å². The SMILES string of the molecule is Fc1ccc(F)c(-n2c(CCl)nc3ccc(Cl)cc32)c1. The number of benzene rings is 2. The standard InChI is InChI=1S/C14H8Cl2F2N2/c15-7-14-19-11-4-1-8(16)5-13(11)20(14)12-6-9(17)2-3-10(12)18/h1-6H,7H2. The van der Waals surface area contributed by atoms with E-state index in [2.05, 4.69) is 4.98 Å². The number of nitrogens with zero attached hydrogens (tertiary/aromatic N) is 2. The van der Waals surface area contributed by atoms with Crippen molar-refractivity contribution in [3.8, 4) is 5.69 Å². The Bertz CT molecular complexity index is 799. The molecule has 1 aromatic heterocycles. The fourth-order valence-corrected chi connectivity index (χ4v) is 2.46. The molecule has 0 fully saturated rings. The minimum atomic E-state index is -0.558. The van der Waals surface area contributed by atoms with E-state index < -0.39 is 11.6 Å². The molecule has 0 amide bonds. The quantitative estimate of drug-likeness (QED) is 0.627. The van der Waals surface area contributed by atoms with Crippen LogP contribution in [-0.4, -0.2) is 9.55 Å². The van der Waals surface area contributed by atoms with Gasteiger partial charge < -0.3 is 0 Å². The van der Waals surface area contributed by atoms with Crippen LogP contribution < -0.4 is 0 Å². The van der Waals surface area contributed by atoms with Gasteiger partial charge in [0.2, 0.25) is 0 Å². The van der Waals surface area contributed by atoms with E-state index in [1.165, 1.54) is 4.57 Å². The van der Waals surface area contributed by atoms with Gasteiger partial charge in [-0.2, -0.15) is 0 Å². The molecule has 2 nitrogen and oxygen atoms in total. The molecular formula is C14H8Cl2F2N2. The summed E-state index contributed by atoms with van der Waals surface area (Å²) in [6.45, 7) is 0. The van der Waals surface area contributed by atoms with E-state index in [1.54, 1.807) is 18.2 Å². The second kappa shape index (κ2) is 5.04. The van der Waals surface area contributed by atoms with Gasteiger partial charge in [0.15, 0.2) is 0 Å². The summed E-state index contributed by atoms with van der Waals surface area (Å²) < 4.78 is 28.9. The maximum atomic E-state index is 14.0. The van der Waals surface area contributed by atoms with Gasteiger partial charge in [-0.3, -0.25) is 4.57 Å². The minimum absolute atomic E-state index is 0.0606. The second-order valence-electron chi connectivity index (χ2n) is 4.23. The Labute approximate surface area is 123 Å². The lowest BCUT2D eigenvalue weighted by molar-refractivity contribution is 0.592. The Balaban J connectivity index is 2.39. The highest BCUT2D eigenvalue weighted by atomic mass is 35.5. The lowest BCUT2D eigenvalue weighted by Gasteiger charge is -2.09. The summed E-state index contributed by atoms with van der Waals surface area (Å²) in [5, 5.41) is 0.483. The first-order valence-corrected chi connectivity index (χ1v) is 6.69. The molecule has 3 rings (SSSR count). The molecule has 0 aliphatic rings. The number of imidazole rings is 1. The molecule has 0 unspecified atom stereocenters. The van der Waals surface area contributed by atoms with Gasteiger partial charge in [-0.15, -0.1) is 11.6 Å². The van der Waals surface area contributed by atoms with Crippen molar-refractivity contribution >= 4 is 34.2 Å². The monoisotopic (exact) mass is 312 g/mol. The van der Waals surface area contributed by atoms with Crippen LogP contribution in [0.25, 0.3) is 16.7 Å². The first-order valence-electron chi connectivity index (χ1n) is 5.78. The molecule has 6 heteroatoms. The van der Waals surface area contributed by atoms with Crippen molar-refractivity contribution in [2.75, 3.05) is 0 Å². The zero-order valence-corrected chi connectivity index (χ0v) is 11.6. The zero-order chi connectivity index (χ0) is 14.3. The van der Waals surface area contributed by atoms with E-state index in [9.17, 15) is 8.78 Å². The topological polar surface area (TPSA) is 17.8 Å². The van der Waals surface area contributed by atoms with Crippen LogP contribution in [0.1, 0.15) is 5.82 Å². The molecule has 3 aromatic rings. The summed E-state index contributed by atoms with van der Waals surface area (Å²) in [6, 6.07) is 8.27. The molecule has 2 aromatic carbocycles. The van der Waals surface area contributed by atoms with Crippen LogP contribution in [0.15, 0.2) is 36.4 Å². The van der Waals surface area contributed by atoms with Crippen molar-refractivity contribution in [1.82, 2.24) is 9.55 Å². The van der Waals surface area contributed by atoms with Crippen molar-refractivity contribution in [3.05, 3.63) is 58.9 Å². The molecule has 0 saturated carbocycles. The van der Waals surface area contributed by atoms with E-state index in [4.69, 9.17) is 23.2 Å². The lowest BCUT2D eigenvalue weighted by Crippen LogP contribution is -2.02. The van der Waals surface area contributed by atoms with E-state index >= 15 is 0 Å². The summed E-state index contributed by atoms with van der Waals surface area (Å²) in [5.74, 6) is -0.598. The Kier molecular flexibility index (Phi) is 3.36. The van der Waals surface area contributed by atoms with Crippen LogP contribution >= 0.6 is 23.2 Å². The molecule has 20 heavy (non-hydrogen) atoms. The lowest BCUT2D eigenvalue weighted by atomic mass is 10.2. The molecule has 0 spiro atoms. The predicted molar refractivity (Wildman–Crippen MR) is 75.6 cm³/mol. The van der Waals surface area contributed by atoms with E-state index in [0.29, 0.717) is 21.9 Å². The summed E-state index contributed by atoms with van der Waals surface area (Å²) in [7, 11) is 0. The average molecular weight is 313 g/mol. The summed E-state index contributed by atoms with van der Waals surface area (Å²) in [5.41, 5.74) is 1.26.